The molecule has 2 heteroatoms. The number of hydrogen-bond acceptors (Lipinski definition) is 2. The Morgan fingerprint density at radius 3 is 1.76 bits per heavy atom. The van der Waals surface area contributed by atoms with Crippen molar-refractivity contribution >= 4 is 5.84 Å². The van der Waals surface area contributed by atoms with Crippen molar-refractivity contribution in [2.45, 2.75) is 68.7 Å². The summed E-state index contributed by atoms with van der Waals surface area (Å²) in [4.78, 5) is 7.16. The number of likely N-dealkylation sites (N-methyl/N-ethyl adjacent to an activating group) is 1. The lowest BCUT2D eigenvalue weighted by Gasteiger charge is -2.38. The minimum atomic E-state index is 0.116. The van der Waals surface area contributed by atoms with Crippen LogP contribution in [0, 0.1) is 16.2 Å². The average Bonchev–Trinajstić information content (AvgIpc) is 2.58. The fourth-order valence-electron chi connectivity index (χ4n) is 2.98. The maximum absolute atomic E-state index is 4.83. The van der Waals surface area contributed by atoms with Crippen LogP contribution in [0.15, 0.2) is 16.1 Å². The van der Waals surface area contributed by atoms with E-state index in [0.717, 1.165) is 19.5 Å². The SMILES string of the molecule is CN1CCN=C1/C(=C(/CC(C)(C)C)C(C)(C)C)C(C)(C)C. The molecule has 1 rings (SSSR count). The largest absolute Gasteiger partial charge is 0.358 e. The Hall–Kier alpha value is -0.790. The Bertz CT molecular complexity index is 434. The van der Waals surface area contributed by atoms with Gasteiger partial charge in [-0.3, -0.25) is 4.99 Å². The standard InChI is InChI=1S/C19H36N2/c1-17(2,3)13-14(18(4,5)6)15(19(7,8)9)16-20-11-12-21(16)10/h11-13H2,1-10H3/b15-14+. The van der Waals surface area contributed by atoms with Crippen LogP contribution < -0.4 is 0 Å². The van der Waals surface area contributed by atoms with Crippen molar-refractivity contribution < 1.29 is 0 Å². The molecule has 0 spiro atoms. The Kier molecular flexibility index (Phi) is 5.02. The highest BCUT2D eigenvalue weighted by Gasteiger charge is 2.35. The normalized spacial score (nSPS) is 18.8. The van der Waals surface area contributed by atoms with Crippen molar-refractivity contribution in [1.29, 1.82) is 0 Å². The second kappa shape index (κ2) is 5.78. The van der Waals surface area contributed by atoms with Crippen LogP contribution in [-0.4, -0.2) is 30.9 Å². The van der Waals surface area contributed by atoms with Gasteiger partial charge in [-0.1, -0.05) is 67.9 Å². The molecule has 0 atom stereocenters. The first-order valence-electron chi connectivity index (χ1n) is 8.23. The molecule has 0 unspecified atom stereocenters. The van der Waals surface area contributed by atoms with E-state index in [2.05, 4.69) is 74.3 Å². The molecule has 0 N–H and O–H groups in total. The van der Waals surface area contributed by atoms with E-state index in [-0.39, 0.29) is 16.2 Å². The van der Waals surface area contributed by atoms with Crippen LogP contribution in [0.5, 0.6) is 0 Å². The van der Waals surface area contributed by atoms with Crippen LogP contribution in [0.25, 0.3) is 0 Å². The van der Waals surface area contributed by atoms with Crippen molar-refractivity contribution in [2.24, 2.45) is 21.2 Å². The van der Waals surface area contributed by atoms with Crippen molar-refractivity contribution in [3.05, 3.63) is 11.1 Å². The van der Waals surface area contributed by atoms with Gasteiger partial charge in [0.15, 0.2) is 0 Å². The number of nitrogens with zero attached hydrogens (tertiary/aromatic N) is 2. The van der Waals surface area contributed by atoms with Gasteiger partial charge in [0.25, 0.3) is 0 Å². The van der Waals surface area contributed by atoms with E-state index < -0.39 is 0 Å². The molecule has 0 radical (unpaired) electrons. The lowest BCUT2D eigenvalue weighted by atomic mass is 9.69. The molecule has 0 aliphatic carbocycles. The van der Waals surface area contributed by atoms with Crippen molar-refractivity contribution in [3.8, 4) is 0 Å². The molecule has 122 valence electrons. The summed E-state index contributed by atoms with van der Waals surface area (Å²) in [7, 11) is 2.18. The zero-order valence-electron chi connectivity index (χ0n) is 16.0. The molecular formula is C19H36N2. The van der Waals surface area contributed by atoms with Gasteiger partial charge in [0, 0.05) is 13.6 Å². The van der Waals surface area contributed by atoms with Gasteiger partial charge in [-0.2, -0.15) is 0 Å². The Labute approximate surface area is 132 Å². The summed E-state index contributed by atoms with van der Waals surface area (Å²) in [5.41, 5.74) is 3.60. The highest BCUT2D eigenvalue weighted by Crippen LogP contribution is 2.43. The van der Waals surface area contributed by atoms with Gasteiger partial charge < -0.3 is 4.90 Å². The van der Waals surface area contributed by atoms with Gasteiger partial charge in [0.2, 0.25) is 0 Å². The van der Waals surface area contributed by atoms with E-state index in [1.165, 1.54) is 11.4 Å². The van der Waals surface area contributed by atoms with Crippen molar-refractivity contribution in [3.63, 3.8) is 0 Å². The number of amidine groups is 1. The van der Waals surface area contributed by atoms with E-state index in [9.17, 15) is 0 Å². The van der Waals surface area contributed by atoms with Gasteiger partial charge in [-0.15, -0.1) is 0 Å². The molecule has 1 aliphatic rings. The first-order chi connectivity index (χ1) is 9.23. The third-order valence-corrected chi connectivity index (χ3v) is 3.95. The predicted molar refractivity (Wildman–Crippen MR) is 94.9 cm³/mol. The lowest BCUT2D eigenvalue weighted by Crippen LogP contribution is -2.34. The van der Waals surface area contributed by atoms with E-state index in [1.54, 1.807) is 5.57 Å². The summed E-state index contributed by atoms with van der Waals surface area (Å²) in [5.74, 6) is 1.22. The third-order valence-electron chi connectivity index (χ3n) is 3.95. The highest BCUT2D eigenvalue weighted by atomic mass is 15.2. The zero-order valence-corrected chi connectivity index (χ0v) is 16.0. The van der Waals surface area contributed by atoms with Crippen LogP contribution in [0.4, 0.5) is 0 Å². The molecule has 21 heavy (non-hydrogen) atoms. The van der Waals surface area contributed by atoms with Gasteiger partial charge >= 0.3 is 0 Å². The monoisotopic (exact) mass is 292 g/mol. The van der Waals surface area contributed by atoms with Crippen LogP contribution in [0.2, 0.25) is 0 Å². The topological polar surface area (TPSA) is 15.6 Å². The molecule has 1 heterocycles. The van der Waals surface area contributed by atoms with Gasteiger partial charge in [0.05, 0.1) is 6.54 Å². The van der Waals surface area contributed by atoms with E-state index in [4.69, 9.17) is 4.99 Å². The number of aliphatic imine (C=N–C) groups is 1. The summed E-state index contributed by atoms with van der Waals surface area (Å²) < 4.78 is 0. The molecule has 0 amide bonds. The van der Waals surface area contributed by atoms with Gasteiger partial charge in [0.1, 0.15) is 5.84 Å². The van der Waals surface area contributed by atoms with Crippen LogP contribution in [-0.2, 0) is 0 Å². The second-order valence-corrected chi connectivity index (χ2v) is 9.72. The molecule has 0 aromatic heterocycles. The minimum Gasteiger partial charge on any atom is -0.358 e. The third kappa shape index (κ3) is 4.86. The maximum Gasteiger partial charge on any atom is 0.127 e. The first-order valence-corrected chi connectivity index (χ1v) is 8.23. The fourth-order valence-corrected chi connectivity index (χ4v) is 2.98. The molecule has 0 saturated heterocycles. The lowest BCUT2D eigenvalue weighted by molar-refractivity contribution is 0.346. The van der Waals surface area contributed by atoms with Gasteiger partial charge in [-0.05, 0) is 28.2 Å². The molecule has 0 aromatic rings. The number of hydrogen-bond donors (Lipinski definition) is 0. The van der Waals surface area contributed by atoms with Gasteiger partial charge in [-0.25, -0.2) is 0 Å². The predicted octanol–water partition coefficient (Wildman–Crippen LogP) is 5.16. The number of rotatable bonds is 2. The Morgan fingerprint density at radius 2 is 1.48 bits per heavy atom. The van der Waals surface area contributed by atoms with Crippen LogP contribution in [0.3, 0.4) is 0 Å². The fraction of sp³-hybridized carbons (Fsp3) is 0.842. The summed E-state index contributed by atoms with van der Waals surface area (Å²) in [6.45, 7) is 23.0. The molecule has 1 aliphatic heterocycles. The number of allylic oxidation sites excluding steroid dienone is 1. The smallest absolute Gasteiger partial charge is 0.127 e. The Balaban J connectivity index is 3.53. The summed E-state index contributed by atoms with van der Waals surface area (Å²) in [6.07, 6.45) is 1.12. The molecule has 0 aromatic carbocycles. The van der Waals surface area contributed by atoms with E-state index in [1.807, 2.05) is 0 Å². The molecule has 0 bridgehead atoms. The molecule has 0 fully saturated rings. The zero-order chi connectivity index (χ0) is 16.6. The molecule has 0 saturated carbocycles. The van der Waals surface area contributed by atoms with Crippen LogP contribution in [0.1, 0.15) is 68.7 Å². The molecule has 2 nitrogen and oxygen atoms in total. The van der Waals surface area contributed by atoms with E-state index in [0.29, 0.717) is 0 Å². The quantitative estimate of drug-likeness (QED) is 0.686. The molecular weight excluding hydrogens is 256 g/mol. The summed E-state index contributed by atoms with van der Waals surface area (Å²) >= 11 is 0. The van der Waals surface area contributed by atoms with E-state index >= 15 is 0 Å². The minimum absolute atomic E-state index is 0.116. The Morgan fingerprint density at radius 1 is 0.952 bits per heavy atom. The second-order valence-electron chi connectivity index (χ2n) is 9.72. The van der Waals surface area contributed by atoms with Crippen molar-refractivity contribution in [1.82, 2.24) is 4.90 Å². The summed E-state index contributed by atoms with van der Waals surface area (Å²) in [5, 5.41) is 0. The van der Waals surface area contributed by atoms with Crippen molar-refractivity contribution in [2.75, 3.05) is 20.1 Å². The highest BCUT2D eigenvalue weighted by molar-refractivity contribution is 6.01. The average molecular weight is 293 g/mol. The maximum atomic E-state index is 4.83. The summed E-state index contributed by atoms with van der Waals surface area (Å²) in [6, 6.07) is 0. The first kappa shape index (κ1) is 18.3. The van der Waals surface area contributed by atoms with Crippen LogP contribution >= 0.6 is 0 Å².